The number of amides is 1. The molecule has 1 heterocycles. The highest BCUT2D eigenvalue weighted by Crippen LogP contribution is 2.34. The van der Waals surface area contributed by atoms with E-state index in [9.17, 15) is 9.90 Å². The maximum absolute atomic E-state index is 11.8. The highest BCUT2D eigenvalue weighted by molar-refractivity contribution is 7.08. The molecule has 0 aliphatic carbocycles. The Morgan fingerprint density at radius 2 is 2.11 bits per heavy atom. The van der Waals surface area contributed by atoms with Gasteiger partial charge in [-0.15, -0.1) is 0 Å². The van der Waals surface area contributed by atoms with E-state index >= 15 is 0 Å². The van der Waals surface area contributed by atoms with E-state index in [1.165, 1.54) is 31.4 Å². The molecule has 0 unspecified atom stereocenters. The van der Waals surface area contributed by atoms with E-state index in [1.807, 2.05) is 16.8 Å². The zero-order chi connectivity index (χ0) is 13.1. The van der Waals surface area contributed by atoms with Gasteiger partial charge in [-0.05, 0) is 23.6 Å². The summed E-state index contributed by atoms with van der Waals surface area (Å²) in [6, 6.07) is 6.69. The van der Waals surface area contributed by atoms with Crippen LogP contribution in [0.3, 0.4) is 0 Å². The second-order valence-corrected chi connectivity index (χ2v) is 4.47. The molecule has 1 aromatic carbocycles. The number of carbonyl (C=O) groups excluding carboxylic acids is 1. The summed E-state index contributed by atoms with van der Waals surface area (Å²) in [4.78, 5) is 13.3. The van der Waals surface area contributed by atoms with Crippen molar-refractivity contribution < 1.29 is 14.6 Å². The summed E-state index contributed by atoms with van der Waals surface area (Å²) in [5.74, 6) is 0.296. The lowest BCUT2D eigenvalue weighted by Gasteiger charge is -2.20. The first-order valence-corrected chi connectivity index (χ1v) is 6.27. The molecule has 5 heteroatoms. The average Bonchev–Trinajstić information content (AvgIpc) is 2.84. The first kappa shape index (κ1) is 12.4. The van der Waals surface area contributed by atoms with Crippen molar-refractivity contribution in [1.29, 1.82) is 0 Å². The summed E-state index contributed by atoms with van der Waals surface area (Å²) < 4.78 is 5.05. The minimum Gasteiger partial charge on any atom is -0.504 e. The number of carbonyl (C=O) groups is 1. The zero-order valence-corrected chi connectivity index (χ0v) is 10.9. The highest BCUT2D eigenvalue weighted by atomic mass is 32.1. The van der Waals surface area contributed by atoms with Gasteiger partial charge in [0.2, 0.25) is 5.91 Å². The molecule has 0 atom stereocenters. The minimum atomic E-state index is -0.0962. The third kappa shape index (κ3) is 2.31. The third-order valence-corrected chi connectivity index (χ3v) is 3.17. The van der Waals surface area contributed by atoms with E-state index in [4.69, 9.17) is 4.74 Å². The van der Waals surface area contributed by atoms with Gasteiger partial charge in [0.25, 0.3) is 0 Å². The van der Waals surface area contributed by atoms with Gasteiger partial charge in [0, 0.05) is 18.4 Å². The Labute approximate surface area is 109 Å². The van der Waals surface area contributed by atoms with Crippen LogP contribution in [-0.4, -0.2) is 18.1 Å². The Balaban J connectivity index is 2.47. The smallest absolute Gasteiger partial charge is 0.228 e. The summed E-state index contributed by atoms with van der Waals surface area (Å²) in [5.41, 5.74) is 1.47. The Bertz CT molecular complexity index is 551. The summed E-state index contributed by atoms with van der Waals surface area (Å²) >= 11 is 1.52. The predicted octanol–water partition coefficient (Wildman–Crippen LogP) is 3.15. The molecule has 2 rings (SSSR count). The maximum atomic E-state index is 11.8. The lowest BCUT2D eigenvalue weighted by Crippen LogP contribution is -2.22. The van der Waals surface area contributed by atoms with Gasteiger partial charge in [-0.25, -0.2) is 0 Å². The van der Waals surface area contributed by atoms with Crippen LogP contribution in [0.5, 0.6) is 11.5 Å². The van der Waals surface area contributed by atoms with Crippen molar-refractivity contribution in [2.45, 2.75) is 6.92 Å². The van der Waals surface area contributed by atoms with Crippen molar-refractivity contribution in [3.8, 4) is 11.5 Å². The number of hydrogen-bond acceptors (Lipinski definition) is 4. The van der Waals surface area contributed by atoms with Crippen LogP contribution < -0.4 is 9.64 Å². The van der Waals surface area contributed by atoms with Crippen molar-refractivity contribution in [1.82, 2.24) is 0 Å². The quantitative estimate of drug-likeness (QED) is 0.925. The molecular weight excluding hydrogens is 250 g/mol. The SMILES string of the molecule is COc1cc(N(C(C)=O)c2ccsc2)ccc1O. The van der Waals surface area contributed by atoms with E-state index < -0.39 is 0 Å². The number of thiophene rings is 1. The van der Waals surface area contributed by atoms with Crippen LogP contribution in [0.25, 0.3) is 0 Å². The normalized spacial score (nSPS) is 10.1. The molecule has 1 amide bonds. The monoisotopic (exact) mass is 263 g/mol. The average molecular weight is 263 g/mol. The molecule has 0 aliphatic rings. The number of anilines is 2. The van der Waals surface area contributed by atoms with Crippen LogP contribution in [0, 0.1) is 0 Å². The lowest BCUT2D eigenvalue weighted by atomic mass is 10.2. The van der Waals surface area contributed by atoms with Crippen LogP contribution in [0.15, 0.2) is 35.0 Å². The molecule has 2 aromatic rings. The van der Waals surface area contributed by atoms with E-state index in [-0.39, 0.29) is 11.7 Å². The molecule has 0 saturated carbocycles. The first-order chi connectivity index (χ1) is 8.63. The summed E-state index contributed by atoms with van der Waals surface area (Å²) in [6.07, 6.45) is 0. The van der Waals surface area contributed by atoms with E-state index in [0.29, 0.717) is 11.4 Å². The van der Waals surface area contributed by atoms with Gasteiger partial charge in [-0.2, -0.15) is 11.3 Å². The van der Waals surface area contributed by atoms with Gasteiger partial charge in [-0.1, -0.05) is 0 Å². The van der Waals surface area contributed by atoms with Crippen molar-refractivity contribution in [3.63, 3.8) is 0 Å². The van der Waals surface area contributed by atoms with Gasteiger partial charge in [-0.3, -0.25) is 9.69 Å². The predicted molar refractivity (Wildman–Crippen MR) is 71.8 cm³/mol. The van der Waals surface area contributed by atoms with Crippen molar-refractivity contribution in [2.24, 2.45) is 0 Å². The molecule has 4 nitrogen and oxygen atoms in total. The molecule has 0 aliphatic heterocycles. The van der Waals surface area contributed by atoms with Gasteiger partial charge in [0.05, 0.1) is 18.5 Å². The fraction of sp³-hybridized carbons (Fsp3) is 0.154. The van der Waals surface area contributed by atoms with E-state index in [2.05, 4.69) is 0 Å². The van der Waals surface area contributed by atoms with Gasteiger partial charge < -0.3 is 9.84 Å². The lowest BCUT2D eigenvalue weighted by molar-refractivity contribution is -0.115. The largest absolute Gasteiger partial charge is 0.504 e. The number of ether oxygens (including phenoxy) is 1. The summed E-state index contributed by atoms with van der Waals surface area (Å²) in [5, 5.41) is 13.4. The number of hydrogen-bond donors (Lipinski definition) is 1. The number of phenolic OH excluding ortho intramolecular Hbond substituents is 1. The molecule has 1 aromatic heterocycles. The van der Waals surface area contributed by atoms with Gasteiger partial charge >= 0.3 is 0 Å². The molecule has 0 radical (unpaired) electrons. The number of methoxy groups -OCH3 is 1. The second-order valence-electron chi connectivity index (χ2n) is 3.69. The molecular formula is C13H13NO3S. The molecule has 0 saturated heterocycles. The number of aromatic hydroxyl groups is 1. The van der Waals surface area contributed by atoms with Gasteiger partial charge in [0.15, 0.2) is 11.5 Å². The first-order valence-electron chi connectivity index (χ1n) is 5.33. The zero-order valence-electron chi connectivity index (χ0n) is 10.1. The maximum Gasteiger partial charge on any atom is 0.228 e. The number of phenols is 1. The van der Waals surface area contributed by atoms with E-state index in [1.54, 1.807) is 17.0 Å². The molecule has 0 fully saturated rings. The van der Waals surface area contributed by atoms with Crippen LogP contribution in [0.1, 0.15) is 6.92 Å². The fourth-order valence-electron chi connectivity index (χ4n) is 1.70. The fourth-order valence-corrected chi connectivity index (χ4v) is 2.32. The molecule has 18 heavy (non-hydrogen) atoms. The number of benzene rings is 1. The summed E-state index contributed by atoms with van der Waals surface area (Å²) in [7, 11) is 1.47. The Morgan fingerprint density at radius 1 is 1.33 bits per heavy atom. The van der Waals surface area contributed by atoms with E-state index in [0.717, 1.165) is 5.69 Å². The minimum absolute atomic E-state index is 0.0510. The van der Waals surface area contributed by atoms with Crippen molar-refractivity contribution in [3.05, 3.63) is 35.0 Å². The van der Waals surface area contributed by atoms with Crippen LogP contribution in [0.2, 0.25) is 0 Å². The topological polar surface area (TPSA) is 49.8 Å². The highest BCUT2D eigenvalue weighted by Gasteiger charge is 2.16. The van der Waals surface area contributed by atoms with Crippen LogP contribution in [-0.2, 0) is 4.79 Å². The van der Waals surface area contributed by atoms with Crippen LogP contribution >= 0.6 is 11.3 Å². The Hall–Kier alpha value is -2.01. The number of rotatable bonds is 3. The molecule has 0 bridgehead atoms. The summed E-state index contributed by atoms with van der Waals surface area (Å²) in [6.45, 7) is 1.50. The Morgan fingerprint density at radius 3 is 2.67 bits per heavy atom. The Kier molecular flexibility index (Phi) is 3.53. The molecule has 1 N–H and O–H groups in total. The number of nitrogens with zero attached hydrogens (tertiary/aromatic N) is 1. The molecule has 0 spiro atoms. The molecule has 94 valence electrons. The van der Waals surface area contributed by atoms with Gasteiger partial charge in [0.1, 0.15) is 0 Å². The third-order valence-electron chi connectivity index (χ3n) is 2.50. The standard InChI is InChI=1S/C13H13NO3S/c1-9(15)14(11-5-6-18-8-11)10-3-4-12(16)13(7-10)17-2/h3-8,16H,1-2H3. The second kappa shape index (κ2) is 5.10. The van der Waals surface area contributed by atoms with Crippen LogP contribution in [0.4, 0.5) is 11.4 Å². The van der Waals surface area contributed by atoms with Crippen molar-refractivity contribution in [2.75, 3.05) is 12.0 Å². The van der Waals surface area contributed by atoms with Crippen molar-refractivity contribution >= 4 is 28.6 Å².